The van der Waals surface area contributed by atoms with E-state index >= 15 is 0 Å². The molecule has 6 rings (SSSR count). The quantitative estimate of drug-likeness (QED) is 0.335. The van der Waals surface area contributed by atoms with Crippen LogP contribution in [0.15, 0.2) is 94.8 Å². The summed E-state index contributed by atoms with van der Waals surface area (Å²) in [4.78, 5) is 43.4. The number of ether oxygens (including phenoxy) is 1. The molecule has 0 N–H and O–H groups in total. The summed E-state index contributed by atoms with van der Waals surface area (Å²) in [7, 11) is 1.97. The fourth-order valence-electron chi connectivity index (χ4n) is 5.78. The highest BCUT2D eigenvalue weighted by Gasteiger charge is 2.41. The number of para-hydroxylation sites is 3. The van der Waals surface area contributed by atoms with Gasteiger partial charge in [-0.15, -0.1) is 11.3 Å². The Morgan fingerprint density at radius 2 is 1.52 bits per heavy atom. The van der Waals surface area contributed by atoms with Crippen LogP contribution in [-0.4, -0.2) is 35.8 Å². The number of esters is 1. The lowest BCUT2D eigenvalue weighted by molar-refractivity contribution is -0.141. The molecule has 3 heterocycles. The van der Waals surface area contributed by atoms with Gasteiger partial charge in [0.1, 0.15) is 14.8 Å². The fraction of sp³-hybridized carbons (Fsp3) is 0.212. The van der Waals surface area contributed by atoms with Gasteiger partial charge in [0.2, 0.25) is 0 Å². The third kappa shape index (κ3) is 4.37. The van der Waals surface area contributed by atoms with E-state index in [1.807, 2.05) is 73.8 Å². The molecule has 0 aliphatic carbocycles. The number of fused-ring (bicyclic) bond motifs is 1. The molecular weight excluding hydrogens is 548 g/mol. The van der Waals surface area contributed by atoms with Crippen LogP contribution in [0, 0.1) is 0 Å². The monoisotopic (exact) mass is 578 g/mol. The van der Waals surface area contributed by atoms with Crippen LogP contribution in [0.25, 0.3) is 17.0 Å². The minimum Gasteiger partial charge on any atom is -0.466 e. The third-order valence-corrected chi connectivity index (χ3v) is 8.79. The summed E-state index contributed by atoms with van der Waals surface area (Å²) in [5.41, 5.74) is 3.94. The van der Waals surface area contributed by atoms with Crippen molar-refractivity contribution in [2.24, 2.45) is 5.10 Å². The minimum absolute atomic E-state index is 0.204. The number of hydrazone groups is 1. The molecule has 2 aliphatic rings. The molecule has 0 fully saturated rings. The maximum atomic E-state index is 14.5. The summed E-state index contributed by atoms with van der Waals surface area (Å²) >= 11 is 1.25. The normalized spacial score (nSPS) is 18.3. The van der Waals surface area contributed by atoms with Gasteiger partial charge in [-0.25, -0.2) is 0 Å². The van der Waals surface area contributed by atoms with Crippen molar-refractivity contribution in [3.8, 4) is 5.69 Å². The van der Waals surface area contributed by atoms with Crippen molar-refractivity contribution >= 4 is 51.6 Å². The van der Waals surface area contributed by atoms with Gasteiger partial charge in [-0.05, 0) is 42.8 Å². The highest BCUT2D eigenvalue weighted by atomic mass is 32.1. The van der Waals surface area contributed by atoms with Gasteiger partial charge in [0.25, 0.3) is 11.5 Å². The van der Waals surface area contributed by atoms with Gasteiger partial charge >= 0.3 is 5.97 Å². The number of likely N-dealkylation sites (N-methyl/N-ethyl adjacent to an activating group) is 1. The predicted molar refractivity (Wildman–Crippen MR) is 166 cm³/mol. The molecule has 0 spiro atoms. The molecule has 42 heavy (non-hydrogen) atoms. The molecule has 4 aromatic rings. The van der Waals surface area contributed by atoms with Crippen LogP contribution < -0.4 is 24.7 Å². The van der Waals surface area contributed by atoms with E-state index in [0.29, 0.717) is 20.6 Å². The van der Waals surface area contributed by atoms with E-state index in [4.69, 9.17) is 4.74 Å². The molecule has 3 aromatic carbocycles. The molecule has 0 saturated heterocycles. The zero-order chi connectivity index (χ0) is 29.6. The lowest BCUT2D eigenvalue weighted by Gasteiger charge is -2.23. The van der Waals surface area contributed by atoms with Crippen molar-refractivity contribution < 1.29 is 14.3 Å². The minimum atomic E-state index is -0.497. The van der Waals surface area contributed by atoms with E-state index in [0.717, 1.165) is 16.9 Å². The first kappa shape index (κ1) is 27.4. The van der Waals surface area contributed by atoms with Crippen molar-refractivity contribution in [2.75, 3.05) is 23.6 Å². The molecule has 8 nitrogen and oxygen atoms in total. The second-order valence-electron chi connectivity index (χ2n) is 10.6. The average Bonchev–Trinajstić information content (AvgIpc) is 3.55. The number of carbonyl (C=O) groups excluding carboxylic acids is 2. The van der Waals surface area contributed by atoms with Gasteiger partial charge in [-0.1, -0.05) is 68.4 Å². The van der Waals surface area contributed by atoms with Gasteiger partial charge in [0.05, 0.1) is 35.8 Å². The maximum Gasteiger partial charge on any atom is 0.311 e. The Hall–Kier alpha value is -4.76. The van der Waals surface area contributed by atoms with Crippen LogP contribution in [0.2, 0.25) is 0 Å². The SMILES string of the molecule is CCOC(=O)CC1=NN(c2ccccc2)C(=O)C1=c1s/c(=C2/N(C)c3ccccc3C2(C)C)c(=O)n1-c1ccccc1. The summed E-state index contributed by atoms with van der Waals surface area (Å²) in [5.74, 6) is -0.909. The van der Waals surface area contributed by atoms with Crippen molar-refractivity contribution in [1.29, 1.82) is 0 Å². The number of benzene rings is 3. The first-order chi connectivity index (χ1) is 20.2. The van der Waals surface area contributed by atoms with Gasteiger partial charge in [0, 0.05) is 18.2 Å². The number of hydrogen-bond donors (Lipinski definition) is 0. The lowest BCUT2D eigenvalue weighted by Crippen LogP contribution is -2.38. The van der Waals surface area contributed by atoms with Gasteiger partial charge in [0.15, 0.2) is 0 Å². The van der Waals surface area contributed by atoms with Crippen molar-refractivity contribution in [3.63, 3.8) is 0 Å². The Bertz CT molecular complexity index is 1920. The molecule has 2 aliphatic heterocycles. The zero-order valence-electron chi connectivity index (χ0n) is 23.8. The molecule has 1 aromatic heterocycles. The number of anilines is 2. The Labute approximate surface area is 247 Å². The average molecular weight is 579 g/mol. The maximum absolute atomic E-state index is 14.5. The molecule has 212 valence electrons. The van der Waals surface area contributed by atoms with Gasteiger partial charge in [-0.2, -0.15) is 10.1 Å². The Kier molecular flexibility index (Phi) is 6.90. The summed E-state index contributed by atoms with van der Waals surface area (Å²) in [6, 6.07) is 26.4. The first-order valence-electron chi connectivity index (χ1n) is 13.8. The summed E-state index contributed by atoms with van der Waals surface area (Å²) in [6.07, 6.45) is -0.206. The first-order valence-corrected chi connectivity index (χ1v) is 14.6. The number of carbonyl (C=O) groups is 2. The Balaban J connectivity index is 1.70. The van der Waals surface area contributed by atoms with Crippen LogP contribution in [-0.2, 0) is 19.7 Å². The van der Waals surface area contributed by atoms with Crippen LogP contribution in [0.4, 0.5) is 11.4 Å². The van der Waals surface area contributed by atoms with E-state index in [2.05, 4.69) is 29.9 Å². The van der Waals surface area contributed by atoms with Crippen molar-refractivity contribution in [1.82, 2.24) is 4.57 Å². The molecule has 0 atom stereocenters. The molecule has 9 heteroatoms. The van der Waals surface area contributed by atoms with E-state index < -0.39 is 17.3 Å². The van der Waals surface area contributed by atoms with Gasteiger partial charge in [-0.3, -0.25) is 19.0 Å². The topological polar surface area (TPSA) is 84.2 Å². The molecular formula is C33H30N4O4S. The summed E-state index contributed by atoms with van der Waals surface area (Å²) < 4.78 is 7.74. The lowest BCUT2D eigenvalue weighted by atomic mass is 9.84. The molecule has 0 bridgehead atoms. The van der Waals surface area contributed by atoms with Crippen LogP contribution in [0.3, 0.4) is 0 Å². The highest BCUT2D eigenvalue weighted by Crippen LogP contribution is 2.47. The number of thiazole rings is 1. The highest BCUT2D eigenvalue weighted by molar-refractivity contribution is 7.08. The third-order valence-electron chi connectivity index (χ3n) is 7.64. The number of amides is 1. The summed E-state index contributed by atoms with van der Waals surface area (Å²) in [5, 5.41) is 5.89. The second kappa shape index (κ2) is 10.6. The molecule has 0 saturated carbocycles. The standard InChI is InChI=1S/C33H30N4O4S/c1-5-41-26(38)20-24-27(30(39)37(34-24)22-16-10-7-11-17-22)32-36(21-14-8-6-9-15-21)31(40)28(42-32)29-33(2,3)23-18-12-13-19-25(23)35(29)4/h6-19H,5,20H2,1-4H3/b29-28+,32-27?. The van der Waals surface area contributed by atoms with Crippen LogP contribution >= 0.6 is 11.3 Å². The van der Waals surface area contributed by atoms with E-state index in [1.165, 1.54) is 16.3 Å². The Morgan fingerprint density at radius 1 is 0.905 bits per heavy atom. The molecule has 1 amide bonds. The smallest absolute Gasteiger partial charge is 0.311 e. The van der Waals surface area contributed by atoms with E-state index in [-0.39, 0.29) is 29.9 Å². The predicted octanol–water partition coefficient (Wildman–Crippen LogP) is 3.94. The molecule has 0 unspecified atom stereocenters. The number of hydrogen-bond acceptors (Lipinski definition) is 7. The second-order valence-corrected chi connectivity index (χ2v) is 11.6. The van der Waals surface area contributed by atoms with Gasteiger partial charge < -0.3 is 9.64 Å². The molecule has 0 radical (unpaired) electrons. The largest absolute Gasteiger partial charge is 0.466 e. The van der Waals surface area contributed by atoms with Crippen LogP contribution in [0.1, 0.15) is 32.8 Å². The van der Waals surface area contributed by atoms with Crippen molar-refractivity contribution in [3.05, 3.63) is 110 Å². The Morgan fingerprint density at radius 3 is 2.17 bits per heavy atom. The van der Waals surface area contributed by atoms with Crippen LogP contribution in [0.5, 0.6) is 0 Å². The fourth-order valence-corrected chi connectivity index (χ4v) is 7.23. The number of rotatable bonds is 5. The van der Waals surface area contributed by atoms with E-state index in [9.17, 15) is 14.4 Å². The van der Waals surface area contributed by atoms with Crippen molar-refractivity contribution in [2.45, 2.75) is 32.6 Å². The number of aromatic nitrogens is 1. The number of nitrogens with zero attached hydrogens (tertiary/aromatic N) is 4. The summed E-state index contributed by atoms with van der Waals surface area (Å²) in [6.45, 7) is 6.15. The zero-order valence-corrected chi connectivity index (χ0v) is 24.6. The van der Waals surface area contributed by atoms with E-state index in [1.54, 1.807) is 23.6 Å².